The van der Waals surface area contributed by atoms with E-state index in [1.165, 1.54) is 19.3 Å². The van der Waals surface area contributed by atoms with Crippen molar-refractivity contribution in [1.29, 1.82) is 0 Å². The summed E-state index contributed by atoms with van der Waals surface area (Å²) in [5.41, 5.74) is 6.42. The van der Waals surface area contributed by atoms with E-state index in [9.17, 15) is 4.79 Å². The van der Waals surface area contributed by atoms with Gasteiger partial charge in [-0.25, -0.2) is 4.79 Å². The number of amides is 2. The van der Waals surface area contributed by atoms with Gasteiger partial charge in [-0.2, -0.15) is 0 Å². The minimum atomic E-state index is -0.255. The second-order valence-electron chi connectivity index (χ2n) is 5.47. The highest BCUT2D eigenvalue weighted by molar-refractivity contribution is 6.42. The number of nitrogens with two attached hydrogens (primary N) is 1. The van der Waals surface area contributed by atoms with Crippen molar-refractivity contribution in [1.82, 2.24) is 5.32 Å². The lowest BCUT2D eigenvalue weighted by atomic mass is 9.84. The van der Waals surface area contributed by atoms with Crippen LogP contribution in [0.5, 0.6) is 0 Å². The Labute approximate surface area is 135 Å². The molecule has 0 radical (unpaired) electrons. The van der Waals surface area contributed by atoms with Crippen LogP contribution in [0.3, 0.4) is 0 Å². The van der Waals surface area contributed by atoms with Gasteiger partial charge in [-0.05, 0) is 37.0 Å². The van der Waals surface area contributed by atoms with Crippen molar-refractivity contribution in [3.8, 4) is 0 Å². The number of halogens is 2. The SMILES string of the molecule is NCC(NC(=O)Nc1ccc(Cl)c(Cl)c1)C1CCCCC1. The van der Waals surface area contributed by atoms with Gasteiger partial charge in [-0.3, -0.25) is 0 Å². The first-order chi connectivity index (χ1) is 10.1. The van der Waals surface area contributed by atoms with Crippen LogP contribution in [0, 0.1) is 5.92 Å². The quantitative estimate of drug-likeness (QED) is 0.780. The van der Waals surface area contributed by atoms with E-state index in [2.05, 4.69) is 10.6 Å². The Morgan fingerprint density at radius 2 is 1.95 bits per heavy atom. The van der Waals surface area contributed by atoms with Crippen molar-refractivity contribution < 1.29 is 4.79 Å². The molecule has 1 fully saturated rings. The standard InChI is InChI=1S/C15H21Cl2N3O/c16-12-7-6-11(8-13(12)17)19-15(21)20-14(9-18)10-4-2-1-3-5-10/h6-8,10,14H,1-5,9,18H2,(H2,19,20,21). The first-order valence-electron chi connectivity index (χ1n) is 7.33. The fourth-order valence-electron chi connectivity index (χ4n) is 2.82. The van der Waals surface area contributed by atoms with Crippen molar-refractivity contribution in [3.05, 3.63) is 28.2 Å². The molecule has 0 aliphatic heterocycles. The number of hydrogen-bond donors (Lipinski definition) is 3. The molecule has 0 heterocycles. The molecule has 0 aromatic heterocycles. The molecule has 0 saturated heterocycles. The second-order valence-corrected chi connectivity index (χ2v) is 6.28. The summed E-state index contributed by atoms with van der Waals surface area (Å²) in [7, 11) is 0. The van der Waals surface area contributed by atoms with Crippen molar-refractivity contribution >= 4 is 34.9 Å². The number of nitrogens with one attached hydrogen (secondary N) is 2. The third-order valence-corrected chi connectivity index (χ3v) is 4.71. The lowest BCUT2D eigenvalue weighted by Crippen LogP contribution is -2.47. The molecule has 116 valence electrons. The predicted octanol–water partition coefficient (Wildman–Crippen LogP) is 4.02. The molecule has 1 aliphatic carbocycles. The largest absolute Gasteiger partial charge is 0.334 e. The number of hydrogen-bond acceptors (Lipinski definition) is 2. The Bertz CT molecular complexity index is 490. The van der Waals surface area contributed by atoms with E-state index in [-0.39, 0.29) is 12.1 Å². The summed E-state index contributed by atoms with van der Waals surface area (Å²) in [5.74, 6) is 0.475. The molecule has 1 aromatic rings. The van der Waals surface area contributed by atoms with Gasteiger partial charge in [0.1, 0.15) is 0 Å². The third kappa shape index (κ3) is 4.77. The van der Waals surface area contributed by atoms with E-state index in [0.29, 0.717) is 28.2 Å². The molecule has 0 bridgehead atoms. The van der Waals surface area contributed by atoms with Crippen LogP contribution in [0.2, 0.25) is 10.0 Å². The number of benzene rings is 1. The van der Waals surface area contributed by atoms with Crippen molar-refractivity contribution in [3.63, 3.8) is 0 Å². The molecule has 4 N–H and O–H groups in total. The van der Waals surface area contributed by atoms with E-state index in [4.69, 9.17) is 28.9 Å². The first-order valence-corrected chi connectivity index (χ1v) is 8.08. The summed E-state index contributed by atoms with van der Waals surface area (Å²) >= 11 is 11.8. The molecule has 2 amide bonds. The average Bonchev–Trinajstić information content (AvgIpc) is 2.49. The zero-order valence-corrected chi connectivity index (χ0v) is 13.4. The van der Waals surface area contributed by atoms with Crippen LogP contribution in [-0.2, 0) is 0 Å². The van der Waals surface area contributed by atoms with Crippen molar-refractivity contribution in [2.45, 2.75) is 38.1 Å². The molecule has 2 rings (SSSR count). The topological polar surface area (TPSA) is 67.1 Å². The normalized spacial score (nSPS) is 17.3. The van der Waals surface area contributed by atoms with Gasteiger partial charge in [-0.1, -0.05) is 42.5 Å². The van der Waals surface area contributed by atoms with Crippen LogP contribution in [0.1, 0.15) is 32.1 Å². The predicted molar refractivity (Wildman–Crippen MR) is 88.0 cm³/mol. The van der Waals surface area contributed by atoms with Gasteiger partial charge >= 0.3 is 6.03 Å². The maximum absolute atomic E-state index is 12.1. The van der Waals surface area contributed by atoms with E-state index in [0.717, 1.165) is 12.8 Å². The van der Waals surface area contributed by atoms with Gasteiger partial charge in [0.2, 0.25) is 0 Å². The number of anilines is 1. The average molecular weight is 330 g/mol. The highest BCUT2D eigenvalue weighted by Gasteiger charge is 2.23. The highest BCUT2D eigenvalue weighted by Crippen LogP contribution is 2.27. The molecule has 21 heavy (non-hydrogen) atoms. The van der Waals surface area contributed by atoms with Crippen LogP contribution in [0.25, 0.3) is 0 Å². The number of carbonyl (C=O) groups is 1. The summed E-state index contributed by atoms with van der Waals surface area (Å²) in [6.07, 6.45) is 5.99. The Hall–Kier alpha value is -0.970. The van der Waals surface area contributed by atoms with Gasteiger partial charge < -0.3 is 16.4 Å². The highest BCUT2D eigenvalue weighted by atomic mass is 35.5. The Balaban J connectivity index is 1.91. The fourth-order valence-corrected chi connectivity index (χ4v) is 3.11. The van der Waals surface area contributed by atoms with Gasteiger partial charge in [-0.15, -0.1) is 0 Å². The van der Waals surface area contributed by atoms with Crippen molar-refractivity contribution in [2.75, 3.05) is 11.9 Å². The molecule has 0 spiro atoms. The molecule has 1 unspecified atom stereocenters. The van der Waals surface area contributed by atoms with Gasteiger partial charge in [0.05, 0.1) is 10.0 Å². The smallest absolute Gasteiger partial charge is 0.319 e. The van der Waals surface area contributed by atoms with E-state index in [1.807, 2.05) is 0 Å². The molecular weight excluding hydrogens is 309 g/mol. The first kappa shape index (κ1) is 16.4. The maximum Gasteiger partial charge on any atom is 0.319 e. The van der Waals surface area contributed by atoms with Crippen LogP contribution in [0.15, 0.2) is 18.2 Å². The number of carbonyl (C=O) groups excluding carboxylic acids is 1. The number of rotatable bonds is 4. The Morgan fingerprint density at radius 1 is 1.24 bits per heavy atom. The van der Waals surface area contributed by atoms with Crippen LogP contribution >= 0.6 is 23.2 Å². The second kappa shape index (κ2) is 7.87. The molecule has 4 nitrogen and oxygen atoms in total. The molecule has 1 aromatic carbocycles. The maximum atomic E-state index is 12.1. The Kier molecular flexibility index (Phi) is 6.15. The molecule has 1 saturated carbocycles. The summed E-state index contributed by atoms with van der Waals surface area (Å²) in [6.45, 7) is 0.458. The minimum absolute atomic E-state index is 0.0214. The van der Waals surface area contributed by atoms with Crippen LogP contribution in [-0.4, -0.2) is 18.6 Å². The monoisotopic (exact) mass is 329 g/mol. The summed E-state index contributed by atoms with van der Waals surface area (Å²) in [5, 5.41) is 6.61. The molecule has 1 aliphatic rings. The van der Waals surface area contributed by atoms with Crippen molar-refractivity contribution in [2.24, 2.45) is 11.7 Å². The number of urea groups is 1. The molecule has 1 atom stereocenters. The Morgan fingerprint density at radius 3 is 2.57 bits per heavy atom. The molecular formula is C15H21Cl2N3O. The zero-order valence-electron chi connectivity index (χ0n) is 11.9. The fraction of sp³-hybridized carbons (Fsp3) is 0.533. The zero-order chi connectivity index (χ0) is 15.2. The van der Waals surface area contributed by atoms with Gasteiger partial charge in [0.15, 0.2) is 0 Å². The lowest BCUT2D eigenvalue weighted by molar-refractivity contribution is 0.233. The third-order valence-electron chi connectivity index (χ3n) is 3.97. The minimum Gasteiger partial charge on any atom is -0.334 e. The van der Waals surface area contributed by atoms with Crippen LogP contribution in [0.4, 0.5) is 10.5 Å². The van der Waals surface area contributed by atoms with E-state index >= 15 is 0 Å². The molecule has 6 heteroatoms. The van der Waals surface area contributed by atoms with Gasteiger partial charge in [0.25, 0.3) is 0 Å². The van der Waals surface area contributed by atoms with Gasteiger partial charge in [0, 0.05) is 18.3 Å². The van der Waals surface area contributed by atoms with E-state index in [1.54, 1.807) is 18.2 Å². The summed E-state index contributed by atoms with van der Waals surface area (Å²) in [4.78, 5) is 12.1. The van der Waals surface area contributed by atoms with Crippen LogP contribution < -0.4 is 16.4 Å². The summed E-state index contributed by atoms with van der Waals surface area (Å²) < 4.78 is 0. The lowest BCUT2D eigenvalue weighted by Gasteiger charge is -2.30. The summed E-state index contributed by atoms with van der Waals surface area (Å²) in [6, 6.07) is 4.76. The van der Waals surface area contributed by atoms with E-state index < -0.39 is 0 Å².